The molecule has 1 N–H and O–H groups in total. The van der Waals surface area contributed by atoms with Crippen LogP contribution in [0.1, 0.15) is 19.5 Å². The summed E-state index contributed by atoms with van der Waals surface area (Å²) in [7, 11) is 0. The van der Waals surface area contributed by atoms with Gasteiger partial charge in [0.1, 0.15) is 10.0 Å². The summed E-state index contributed by atoms with van der Waals surface area (Å²) in [6.07, 6.45) is 0. The van der Waals surface area contributed by atoms with E-state index >= 15 is 0 Å². The Bertz CT molecular complexity index is 356. The van der Waals surface area contributed by atoms with Gasteiger partial charge in [-0.3, -0.25) is 9.69 Å². The van der Waals surface area contributed by atoms with Crippen LogP contribution in [0.15, 0.2) is 0 Å². The van der Waals surface area contributed by atoms with E-state index in [1.54, 1.807) is 4.90 Å². The maximum Gasteiger partial charge on any atom is 0.317 e. The zero-order chi connectivity index (χ0) is 12.1. The number of hydrogen-bond acceptors (Lipinski definition) is 5. The fraction of sp³-hybridized carbons (Fsp3) is 0.667. The molecule has 16 heavy (non-hydrogen) atoms. The molecule has 0 aliphatic carbocycles. The van der Waals surface area contributed by atoms with Crippen LogP contribution in [0.5, 0.6) is 0 Å². The van der Waals surface area contributed by atoms with Crippen molar-refractivity contribution in [3.8, 4) is 0 Å². The molecule has 0 aliphatic heterocycles. The van der Waals surface area contributed by atoms with Crippen molar-refractivity contribution >= 4 is 29.1 Å². The van der Waals surface area contributed by atoms with Gasteiger partial charge in [0.25, 0.3) is 0 Å². The summed E-state index contributed by atoms with van der Waals surface area (Å²) in [5.74, 6) is -0.454. The topological polar surface area (TPSA) is 66.3 Å². The molecule has 1 aromatic heterocycles. The fourth-order valence-electron chi connectivity index (χ4n) is 1.40. The Morgan fingerprint density at radius 1 is 1.62 bits per heavy atom. The van der Waals surface area contributed by atoms with Gasteiger partial charge >= 0.3 is 5.97 Å². The quantitative estimate of drug-likeness (QED) is 0.847. The number of nitrogens with zero attached hydrogens (tertiary/aromatic N) is 3. The Labute approximate surface area is 103 Å². The lowest BCUT2D eigenvalue weighted by Gasteiger charge is -2.21. The summed E-state index contributed by atoms with van der Waals surface area (Å²) >= 11 is 6.99. The average Bonchev–Trinajstić information content (AvgIpc) is 2.49. The van der Waals surface area contributed by atoms with E-state index in [1.807, 2.05) is 13.8 Å². The summed E-state index contributed by atoms with van der Waals surface area (Å²) in [6, 6.07) is 0. The molecule has 0 atom stereocenters. The lowest BCUT2D eigenvalue weighted by molar-refractivity contribution is -0.138. The number of aliphatic carboxylic acids is 1. The summed E-state index contributed by atoms with van der Waals surface area (Å²) < 4.78 is 4.25. The van der Waals surface area contributed by atoms with Gasteiger partial charge in [0.05, 0.1) is 6.54 Å². The molecule has 0 aromatic carbocycles. The van der Waals surface area contributed by atoms with Crippen molar-refractivity contribution in [3.63, 3.8) is 0 Å². The van der Waals surface area contributed by atoms with Gasteiger partial charge in [-0.2, -0.15) is 0 Å². The van der Waals surface area contributed by atoms with Crippen LogP contribution in [0, 0.1) is 5.92 Å². The van der Waals surface area contributed by atoms with Crippen LogP contribution in [0.2, 0.25) is 4.34 Å². The Morgan fingerprint density at radius 2 is 2.31 bits per heavy atom. The monoisotopic (exact) mass is 263 g/mol. The molecule has 0 fully saturated rings. The standard InChI is InChI=1S/C9H14ClN3O2S/c1-6(2)3-13(5-8(14)15)4-7-9(10)16-12-11-7/h6H,3-5H2,1-2H3,(H,14,15). The molecule has 1 aromatic rings. The van der Waals surface area contributed by atoms with E-state index < -0.39 is 5.97 Å². The Balaban J connectivity index is 2.62. The molecule has 0 unspecified atom stereocenters. The number of hydrogen-bond donors (Lipinski definition) is 1. The highest BCUT2D eigenvalue weighted by Crippen LogP contribution is 2.19. The highest BCUT2D eigenvalue weighted by molar-refractivity contribution is 7.10. The van der Waals surface area contributed by atoms with Gasteiger partial charge in [0.15, 0.2) is 0 Å². The number of halogens is 1. The molecule has 1 heterocycles. The first-order chi connectivity index (χ1) is 7.49. The fourth-order valence-corrected chi connectivity index (χ4v) is 2.01. The smallest absolute Gasteiger partial charge is 0.317 e. The Morgan fingerprint density at radius 3 is 2.75 bits per heavy atom. The molecule has 0 radical (unpaired) electrons. The van der Waals surface area contributed by atoms with Gasteiger partial charge in [-0.05, 0) is 5.92 Å². The normalized spacial score (nSPS) is 11.3. The zero-order valence-corrected chi connectivity index (χ0v) is 10.8. The van der Waals surface area contributed by atoms with E-state index in [0.717, 1.165) is 11.5 Å². The molecule has 1 rings (SSSR count). The third kappa shape index (κ3) is 4.42. The number of carboxylic acid groups (broad SMARTS) is 1. The van der Waals surface area contributed by atoms with Crippen LogP contribution in [0.3, 0.4) is 0 Å². The molecule has 0 aliphatic rings. The van der Waals surface area contributed by atoms with Crippen molar-refractivity contribution < 1.29 is 9.90 Å². The molecule has 0 amide bonds. The summed E-state index contributed by atoms with van der Waals surface area (Å²) in [5.41, 5.74) is 0.647. The minimum atomic E-state index is -0.847. The van der Waals surface area contributed by atoms with Crippen molar-refractivity contribution in [1.29, 1.82) is 0 Å². The van der Waals surface area contributed by atoms with E-state index in [4.69, 9.17) is 16.7 Å². The van der Waals surface area contributed by atoms with Crippen LogP contribution in [-0.2, 0) is 11.3 Å². The van der Waals surface area contributed by atoms with Crippen LogP contribution in [-0.4, -0.2) is 38.7 Å². The lowest BCUT2D eigenvalue weighted by atomic mass is 10.2. The SMILES string of the molecule is CC(C)CN(CC(=O)O)Cc1nnsc1Cl. The lowest BCUT2D eigenvalue weighted by Crippen LogP contribution is -2.32. The van der Waals surface area contributed by atoms with Crippen LogP contribution < -0.4 is 0 Å². The van der Waals surface area contributed by atoms with Crippen molar-refractivity contribution in [2.45, 2.75) is 20.4 Å². The summed E-state index contributed by atoms with van der Waals surface area (Å²) in [4.78, 5) is 12.5. The summed E-state index contributed by atoms with van der Waals surface area (Å²) in [5, 5.41) is 12.7. The third-order valence-corrected chi connectivity index (χ3v) is 2.85. The molecule has 90 valence electrons. The van der Waals surface area contributed by atoms with E-state index in [0.29, 0.717) is 29.0 Å². The van der Waals surface area contributed by atoms with Crippen molar-refractivity contribution in [2.24, 2.45) is 5.92 Å². The first-order valence-corrected chi connectivity index (χ1v) is 6.05. The summed E-state index contributed by atoms with van der Waals surface area (Å²) in [6.45, 7) is 5.19. The largest absolute Gasteiger partial charge is 0.480 e. The first kappa shape index (κ1) is 13.3. The number of carbonyl (C=O) groups is 1. The second-order valence-corrected chi connectivity index (χ2v) is 5.31. The predicted octanol–water partition coefficient (Wildman–Crippen LogP) is 1.73. The highest BCUT2D eigenvalue weighted by atomic mass is 35.5. The van der Waals surface area contributed by atoms with Gasteiger partial charge in [-0.25, -0.2) is 0 Å². The molecular weight excluding hydrogens is 250 g/mol. The predicted molar refractivity (Wildman–Crippen MR) is 62.7 cm³/mol. The van der Waals surface area contributed by atoms with Crippen LogP contribution in [0.4, 0.5) is 0 Å². The second kappa shape index (κ2) is 6.12. The number of rotatable bonds is 6. The molecule has 0 saturated carbocycles. The van der Waals surface area contributed by atoms with Crippen molar-refractivity contribution in [3.05, 3.63) is 10.0 Å². The van der Waals surface area contributed by atoms with Gasteiger partial charge in [0, 0.05) is 24.6 Å². The van der Waals surface area contributed by atoms with E-state index in [9.17, 15) is 4.79 Å². The van der Waals surface area contributed by atoms with Crippen LogP contribution >= 0.6 is 23.1 Å². The minimum Gasteiger partial charge on any atom is -0.480 e. The average molecular weight is 264 g/mol. The molecule has 0 spiro atoms. The molecule has 0 bridgehead atoms. The molecular formula is C9H14ClN3O2S. The van der Waals surface area contributed by atoms with Gasteiger partial charge in [0.2, 0.25) is 0 Å². The zero-order valence-electron chi connectivity index (χ0n) is 9.18. The van der Waals surface area contributed by atoms with Crippen molar-refractivity contribution in [2.75, 3.05) is 13.1 Å². The minimum absolute atomic E-state index is 0.00790. The number of aromatic nitrogens is 2. The highest BCUT2D eigenvalue weighted by Gasteiger charge is 2.15. The maximum atomic E-state index is 10.7. The van der Waals surface area contributed by atoms with Crippen LogP contribution in [0.25, 0.3) is 0 Å². The Hall–Kier alpha value is -0.720. The van der Waals surface area contributed by atoms with E-state index in [1.165, 1.54) is 0 Å². The van der Waals surface area contributed by atoms with E-state index in [-0.39, 0.29) is 6.54 Å². The third-order valence-electron chi connectivity index (χ3n) is 1.86. The molecule has 0 saturated heterocycles. The Kier molecular flexibility index (Phi) is 5.11. The van der Waals surface area contributed by atoms with E-state index in [2.05, 4.69) is 9.59 Å². The van der Waals surface area contributed by atoms with Crippen molar-refractivity contribution in [1.82, 2.24) is 14.5 Å². The maximum absolute atomic E-state index is 10.7. The molecule has 7 heteroatoms. The van der Waals surface area contributed by atoms with Gasteiger partial charge in [-0.1, -0.05) is 29.9 Å². The van der Waals surface area contributed by atoms with Gasteiger partial charge in [-0.15, -0.1) is 5.10 Å². The second-order valence-electron chi connectivity index (χ2n) is 3.95. The number of carboxylic acids is 1. The molecule has 5 nitrogen and oxygen atoms in total. The first-order valence-electron chi connectivity index (χ1n) is 4.90. The van der Waals surface area contributed by atoms with Gasteiger partial charge < -0.3 is 5.11 Å².